The van der Waals surface area contributed by atoms with Crippen molar-refractivity contribution >= 4 is 18.7 Å². The molecule has 4 rings (SSSR count). The summed E-state index contributed by atoms with van der Waals surface area (Å²) in [4.78, 5) is 15.6. The molecule has 2 saturated heterocycles. The van der Waals surface area contributed by atoms with Crippen LogP contribution in [0, 0.1) is 10.1 Å². The molecule has 0 aromatic heterocycles. The van der Waals surface area contributed by atoms with Gasteiger partial charge in [0, 0.05) is 0 Å². The van der Waals surface area contributed by atoms with Crippen LogP contribution < -0.4 is 10.4 Å². The van der Waals surface area contributed by atoms with Gasteiger partial charge >= 0.3 is 0 Å². The van der Waals surface area contributed by atoms with E-state index < -0.39 is 31.7 Å². The highest BCUT2D eigenvalue weighted by Crippen LogP contribution is 2.40. The first-order valence-electron chi connectivity index (χ1n) is 10.2. The van der Waals surface area contributed by atoms with E-state index >= 15 is 0 Å². The molecular formula is C22H27NO6Si. The van der Waals surface area contributed by atoms with Crippen LogP contribution in [0.5, 0.6) is 0 Å². The highest BCUT2D eigenvalue weighted by Gasteiger charge is 2.57. The Balaban J connectivity index is 1.72. The maximum atomic E-state index is 10.8. The van der Waals surface area contributed by atoms with Gasteiger partial charge in [0.15, 0.2) is 6.10 Å². The number of fused-ring (bicyclic) bond motifs is 1. The molecule has 0 bridgehead atoms. The Hall–Kier alpha value is -2.26. The molecule has 0 spiro atoms. The van der Waals surface area contributed by atoms with Gasteiger partial charge in [0.1, 0.15) is 12.2 Å². The zero-order valence-corrected chi connectivity index (χ0v) is 18.4. The molecule has 0 N–H and O–H groups in total. The van der Waals surface area contributed by atoms with E-state index in [4.69, 9.17) is 18.7 Å². The molecule has 2 aliphatic rings. The summed E-state index contributed by atoms with van der Waals surface area (Å²) in [7, 11) is -2.76. The van der Waals surface area contributed by atoms with Gasteiger partial charge in [-0.25, -0.2) is 0 Å². The topological polar surface area (TPSA) is 80.1 Å². The van der Waals surface area contributed by atoms with Gasteiger partial charge in [-0.1, -0.05) is 81.4 Å². The molecule has 0 aliphatic carbocycles. The Morgan fingerprint density at radius 3 is 1.83 bits per heavy atom. The van der Waals surface area contributed by atoms with Crippen LogP contribution in [-0.2, 0) is 18.7 Å². The highest BCUT2D eigenvalue weighted by molar-refractivity contribution is 6.99. The minimum atomic E-state index is -2.76. The van der Waals surface area contributed by atoms with E-state index in [1.165, 1.54) is 10.4 Å². The van der Waals surface area contributed by atoms with E-state index in [0.717, 1.165) is 0 Å². The van der Waals surface area contributed by atoms with Gasteiger partial charge in [-0.2, -0.15) is 0 Å². The van der Waals surface area contributed by atoms with Crippen LogP contribution in [0.4, 0.5) is 0 Å². The molecule has 2 fully saturated rings. The molecule has 2 aromatic carbocycles. The Kier molecular flexibility index (Phi) is 5.67. The fraction of sp³-hybridized carbons (Fsp3) is 0.455. The van der Waals surface area contributed by atoms with Crippen LogP contribution >= 0.6 is 0 Å². The first kappa shape index (κ1) is 21.0. The molecule has 0 radical (unpaired) electrons. The smallest absolute Gasteiger partial charge is 0.294 e. The van der Waals surface area contributed by atoms with Gasteiger partial charge in [-0.3, -0.25) is 0 Å². The standard InChI is InChI=1S/C22H27NO6Si/c1-22(2,3)30(16-10-6-4-7-11-16,17-12-8-5-9-13-17)29-19-15-27-20-18(28-23(24)25)14-26-21(19)20/h4-13,18-21H,14-15H2,1-3H3/t18-,19+,20-,21-/m1/s1. The lowest BCUT2D eigenvalue weighted by atomic mass is 10.1. The zero-order valence-electron chi connectivity index (χ0n) is 17.4. The molecule has 0 unspecified atom stereocenters. The summed E-state index contributed by atoms with van der Waals surface area (Å²) in [5.74, 6) is 0. The average molecular weight is 430 g/mol. The van der Waals surface area contributed by atoms with E-state index in [-0.39, 0.29) is 17.7 Å². The van der Waals surface area contributed by atoms with Crippen LogP contribution in [0.3, 0.4) is 0 Å². The molecule has 2 aliphatic heterocycles. The fourth-order valence-corrected chi connectivity index (χ4v) is 9.32. The van der Waals surface area contributed by atoms with Gasteiger partial charge in [0.2, 0.25) is 0 Å². The van der Waals surface area contributed by atoms with Crippen molar-refractivity contribution in [3.8, 4) is 0 Å². The maximum absolute atomic E-state index is 10.8. The van der Waals surface area contributed by atoms with Crippen LogP contribution in [0.1, 0.15) is 20.8 Å². The number of hydrogen-bond acceptors (Lipinski definition) is 6. The Labute approximate surface area is 177 Å². The SMILES string of the molecule is CC(C)(C)[Si](O[C@H]1CO[C@H]2[C@@H]1OC[C@H]2O[N+](=O)[O-])(c1ccccc1)c1ccccc1. The molecule has 0 amide bonds. The van der Waals surface area contributed by atoms with Crippen molar-refractivity contribution in [3.05, 3.63) is 70.8 Å². The van der Waals surface area contributed by atoms with Crippen molar-refractivity contribution in [2.45, 2.75) is 50.2 Å². The Bertz CT molecular complexity index is 833. The monoisotopic (exact) mass is 429 g/mol. The van der Waals surface area contributed by atoms with Gasteiger partial charge in [-0.15, -0.1) is 10.1 Å². The third kappa shape index (κ3) is 3.64. The quantitative estimate of drug-likeness (QED) is 0.398. The van der Waals surface area contributed by atoms with Crippen LogP contribution in [0.15, 0.2) is 60.7 Å². The predicted molar refractivity (Wildman–Crippen MR) is 114 cm³/mol. The van der Waals surface area contributed by atoms with E-state index in [1.54, 1.807) is 0 Å². The van der Waals surface area contributed by atoms with Crippen molar-refractivity contribution in [2.24, 2.45) is 0 Å². The molecular weight excluding hydrogens is 402 g/mol. The van der Waals surface area contributed by atoms with Crippen molar-refractivity contribution in [1.29, 1.82) is 0 Å². The zero-order chi connectivity index (χ0) is 21.4. The average Bonchev–Trinajstić information content (AvgIpc) is 3.29. The summed E-state index contributed by atoms with van der Waals surface area (Å²) in [6.07, 6.45) is -1.95. The summed E-state index contributed by atoms with van der Waals surface area (Å²) >= 11 is 0. The molecule has 2 aromatic rings. The minimum Gasteiger partial charge on any atom is -0.399 e. The number of rotatable bonds is 6. The second-order valence-corrected chi connectivity index (χ2v) is 13.0. The lowest BCUT2D eigenvalue weighted by Crippen LogP contribution is -2.68. The van der Waals surface area contributed by atoms with E-state index in [2.05, 4.69) is 45.0 Å². The summed E-state index contributed by atoms with van der Waals surface area (Å²) in [6.45, 7) is 7.07. The Morgan fingerprint density at radius 2 is 1.37 bits per heavy atom. The van der Waals surface area contributed by atoms with Crippen molar-refractivity contribution in [3.63, 3.8) is 0 Å². The fourth-order valence-electron chi connectivity index (χ4n) is 4.65. The number of benzene rings is 2. The number of ether oxygens (including phenoxy) is 2. The molecule has 2 heterocycles. The van der Waals surface area contributed by atoms with E-state index in [0.29, 0.717) is 6.61 Å². The minimum absolute atomic E-state index is 0.122. The molecule has 0 saturated carbocycles. The summed E-state index contributed by atoms with van der Waals surface area (Å²) < 4.78 is 18.8. The lowest BCUT2D eigenvalue weighted by molar-refractivity contribution is -0.769. The predicted octanol–water partition coefficient (Wildman–Crippen LogP) is 2.31. The highest BCUT2D eigenvalue weighted by atomic mass is 28.4. The first-order valence-corrected chi connectivity index (χ1v) is 12.1. The molecule has 4 atom stereocenters. The second-order valence-electron chi connectivity index (χ2n) is 8.78. The van der Waals surface area contributed by atoms with Crippen molar-refractivity contribution in [1.82, 2.24) is 0 Å². The third-order valence-electron chi connectivity index (χ3n) is 5.93. The van der Waals surface area contributed by atoms with Gasteiger partial charge in [-0.05, 0) is 15.4 Å². The van der Waals surface area contributed by atoms with Gasteiger partial charge in [0.05, 0.1) is 19.3 Å². The summed E-state index contributed by atoms with van der Waals surface area (Å²) in [5, 5.41) is 12.2. The second kappa shape index (κ2) is 8.11. The largest absolute Gasteiger partial charge is 0.399 e. The van der Waals surface area contributed by atoms with Gasteiger partial charge < -0.3 is 18.7 Å². The first-order chi connectivity index (χ1) is 14.3. The van der Waals surface area contributed by atoms with Gasteiger partial charge in [0.25, 0.3) is 13.4 Å². The molecule has 7 nitrogen and oxygen atoms in total. The maximum Gasteiger partial charge on any atom is 0.294 e. The third-order valence-corrected chi connectivity index (χ3v) is 11.0. The summed E-state index contributed by atoms with van der Waals surface area (Å²) in [5.41, 5.74) is 0. The number of nitrogens with zero attached hydrogens (tertiary/aromatic N) is 1. The van der Waals surface area contributed by atoms with Crippen LogP contribution in [0.2, 0.25) is 5.04 Å². The number of hydrogen-bond donors (Lipinski definition) is 0. The van der Waals surface area contributed by atoms with Crippen molar-refractivity contribution in [2.75, 3.05) is 13.2 Å². The summed E-state index contributed by atoms with van der Waals surface area (Å²) in [6, 6.07) is 20.7. The lowest BCUT2D eigenvalue weighted by Gasteiger charge is -2.45. The van der Waals surface area contributed by atoms with Crippen LogP contribution in [0.25, 0.3) is 0 Å². The molecule has 8 heteroatoms. The molecule has 160 valence electrons. The molecule has 30 heavy (non-hydrogen) atoms. The van der Waals surface area contributed by atoms with Crippen LogP contribution in [-0.4, -0.2) is 51.0 Å². The van der Waals surface area contributed by atoms with Crippen molar-refractivity contribution < 1.29 is 23.8 Å². The normalized spacial score (nSPS) is 26.4. The Morgan fingerprint density at radius 1 is 0.900 bits per heavy atom. The van der Waals surface area contributed by atoms with E-state index in [9.17, 15) is 10.1 Å². The van der Waals surface area contributed by atoms with E-state index in [1.807, 2.05) is 36.4 Å².